The van der Waals surface area contributed by atoms with Gasteiger partial charge in [-0.25, -0.2) is 4.79 Å². The Balaban J connectivity index is 1.64. The van der Waals surface area contributed by atoms with Crippen molar-refractivity contribution in [3.8, 4) is 5.75 Å². The van der Waals surface area contributed by atoms with Crippen molar-refractivity contribution in [1.29, 1.82) is 0 Å². The Morgan fingerprint density at radius 1 is 1.08 bits per heavy atom. The molecule has 0 radical (unpaired) electrons. The molecule has 0 bridgehead atoms. The number of thioether (sulfide) groups is 1. The minimum absolute atomic E-state index is 0.309. The summed E-state index contributed by atoms with van der Waals surface area (Å²) in [6.45, 7) is 0.169. The van der Waals surface area contributed by atoms with Gasteiger partial charge in [0.25, 0.3) is 5.91 Å². The molecule has 0 heterocycles. The molecule has 2 aromatic rings. The molecule has 0 aliphatic carbocycles. The van der Waals surface area contributed by atoms with Crippen molar-refractivity contribution in [2.45, 2.75) is 4.90 Å². The number of carbonyl (C=O) groups is 2. The molecule has 25 heavy (non-hydrogen) atoms. The molecule has 1 N–H and O–H groups in total. The average molecular weight is 380 g/mol. The summed E-state index contributed by atoms with van der Waals surface area (Å²) in [5.74, 6) is 0.471. The van der Waals surface area contributed by atoms with E-state index >= 15 is 0 Å². The highest BCUT2D eigenvalue weighted by Gasteiger charge is 2.10. The SMILES string of the molecule is COc1ccc(C(=O)OCC(=O)NCCSc2ccc(Cl)cc2)cc1. The van der Waals surface area contributed by atoms with Crippen LogP contribution < -0.4 is 10.1 Å². The van der Waals surface area contributed by atoms with E-state index < -0.39 is 5.97 Å². The van der Waals surface area contributed by atoms with E-state index in [0.29, 0.717) is 28.6 Å². The molecule has 7 heteroatoms. The van der Waals surface area contributed by atoms with Gasteiger partial charge in [0, 0.05) is 22.2 Å². The number of methoxy groups -OCH3 is 1. The number of ether oxygens (including phenoxy) is 2. The summed E-state index contributed by atoms with van der Waals surface area (Å²) in [6, 6.07) is 14.0. The van der Waals surface area contributed by atoms with Gasteiger partial charge < -0.3 is 14.8 Å². The lowest BCUT2D eigenvalue weighted by Gasteiger charge is -2.07. The molecule has 0 aliphatic rings. The van der Waals surface area contributed by atoms with Crippen LogP contribution in [0.25, 0.3) is 0 Å². The maximum Gasteiger partial charge on any atom is 0.338 e. The second-order valence-corrected chi connectivity index (χ2v) is 6.56. The number of hydrogen-bond donors (Lipinski definition) is 1. The minimum atomic E-state index is -0.548. The van der Waals surface area contributed by atoms with Crippen LogP contribution in [0.2, 0.25) is 5.02 Å². The molecule has 132 valence electrons. The van der Waals surface area contributed by atoms with Crippen molar-refractivity contribution in [3.05, 3.63) is 59.1 Å². The van der Waals surface area contributed by atoms with Gasteiger partial charge in [-0.1, -0.05) is 11.6 Å². The number of rotatable bonds is 8. The van der Waals surface area contributed by atoms with E-state index in [-0.39, 0.29) is 12.5 Å². The van der Waals surface area contributed by atoms with E-state index in [4.69, 9.17) is 21.1 Å². The van der Waals surface area contributed by atoms with Gasteiger partial charge in [0.2, 0.25) is 0 Å². The third-order valence-corrected chi connectivity index (χ3v) is 4.43. The van der Waals surface area contributed by atoms with Crippen LogP contribution in [0.1, 0.15) is 10.4 Å². The predicted octanol–water partition coefficient (Wildman–Crippen LogP) is 3.41. The van der Waals surface area contributed by atoms with Gasteiger partial charge in [0.1, 0.15) is 5.75 Å². The summed E-state index contributed by atoms with van der Waals surface area (Å²) >= 11 is 7.42. The quantitative estimate of drug-likeness (QED) is 0.432. The zero-order chi connectivity index (χ0) is 18.1. The number of carbonyl (C=O) groups excluding carboxylic acids is 2. The molecular weight excluding hydrogens is 362 g/mol. The molecule has 5 nitrogen and oxygen atoms in total. The highest BCUT2D eigenvalue weighted by molar-refractivity contribution is 7.99. The maximum atomic E-state index is 11.8. The van der Waals surface area contributed by atoms with E-state index in [9.17, 15) is 9.59 Å². The van der Waals surface area contributed by atoms with E-state index in [1.807, 2.05) is 24.3 Å². The second-order valence-electron chi connectivity index (χ2n) is 4.96. The largest absolute Gasteiger partial charge is 0.497 e. The minimum Gasteiger partial charge on any atom is -0.497 e. The van der Waals surface area contributed by atoms with Crippen LogP contribution in [0.15, 0.2) is 53.4 Å². The number of esters is 1. The van der Waals surface area contributed by atoms with Gasteiger partial charge >= 0.3 is 5.97 Å². The third kappa shape index (κ3) is 6.68. The standard InChI is InChI=1S/C18H18ClNO4S/c1-23-15-6-2-13(3-7-15)18(22)24-12-17(21)20-10-11-25-16-8-4-14(19)5-9-16/h2-9H,10-12H2,1H3,(H,20,21). The summed E-state index contributed by atoms with van der Waals surface area (Å²) < 4.78 is 9.99. The Bertz CT molecular complexity index is 704. The molecule has 0 aliphatic heterocycles. The summed E-state index contributed by atoms with van der Waals surface area (Å²) in [7, 11) is 1.54. The van der Waals surface area contributed by atoms with Crippen LogP contribution in [-0.2, 0) is 9.53 Å². The maximum absolute atomic E-state index is 11.8. The molecule has 1 amide bonds. The Kier molecular flexibility index (Phi) is 7.63. The summed E-state index contributed by atoms with van der Waals surface area (Å²) in [5, 5.41) is 3.40. The van der Waals surface area contributed by atoms with E-state index in [2.05, 4.69) is 5.32 Å². The zero-order valence-electron chi connectivity index (χ0n) is 13.7. The third-order valence-electron chi connectivity index (χ3n) is 3.17. The first-order valence-electron chi connectivity index (χ1n) is 7.55. The zero-order valence-corrected chi connectivity index (χ0v) is 15.2. The van der Waals surface area contributed by atoms with Crippen LogP contribution in [0.3, 0.4) is 0 Å². The number of amides is 1. The molecule has 0 fully saturated rings. The van der Waals surface area contributed by atoms with Gasteiger partial charge in [-0.3, -0.25) is 4.79 Å². The van der Waals surface area contributed by atoms with Gasteiger partial charge in [-0.15, -0.1) is 11.8 Å². The molecule has 2 aromatic carbocycles. The average Bonchev–Trinajstić information content (AvgIpc) is 2.64. The van der Waals surface area contributed by atoms with Crippen LogP contribution in [0.5, 0.6) is 5.75 Å². The fourth-order valence-electron chi connectivity index (χ4n) is 1.88. The number of benzene rings is 2. The Morgan fingerprint density at radius 3 is 2.40 bits per heavy atom. The molecule has 0 atom stereocenters. The topological polar surface area (TPSA) is 64.6 Å². The molecule has 0 saturated heterocycles. The number of hydrogen-bond acceptors (Lipinski definition) is 5. The molecule has 0 spiro atoms. The number of halogens is 1. The first-order chi connectivity index (χ1) is 12.1. The fourth-order valence-corrected chi connectivity index (χ4v) is 2.78. The highest BCUT2D eigenvalue weighted by Crippen LogP contribution is 2.19. The summed E-state index contributed by atoms with van der Waals surface area (Å²) in [6.07, 6.45) is 0. The Hall–Kier alpha value is -2.18. The smallest absolute Gasteiger partial charge is 0.338 e. The van der Waals surface area contributed by atoms with Crippen LogP contribution in [0.4, 0.5) is 0 Å². The molecule has 0 saturated carbocycles. The van der Waals surface area contributed by atoms with Crippen molar-refractivity contribution in [3.63, 3.8) is 0 Å². The van der Waals surface area contributed by atoms with Crippen LogP contribution in [0, 0.1) is 0 Å². The van der Waals surface area contributed by atoms with E-state index in [1.54, 1.807) is 43.1 Å². The predicted molar refractivity (Wildman–Crippen MR) is 98.5 cm³/mol. The van der Waals surface area contributed by atoms with E-state index in [0.717, 1.165) is 4.90 Å². The van der Waals surface area contributed by atoms with Gasteiger partial charge in [-0.05, 0) is 48.5 Å². The van der Waals surface area contributed by atoms with Crippen LogP contribution >= 0.6 is 23.4 Å². The van der Waals surface area contributed by atoms with Crippen molar-refractivity contribution >= 4 is 35.2 Å². The molecular formula is C18H18ClNO4S. The molecule has 0 unspecified atom stereocenters. The monoisotopic (exact) mass is 379 g/mol. The summed E-state index contributed by atoms with van der Waals surface area (Å²) in [5.41, 5.74) is 0.367. The lowest BCUT2D eigenvalue weighted by molar-refractivity contribution is -0.124. The number of nitrogens with one attached hydrogen (secondary N) is 1. The van der Waals surface area contributed by atoms with Crippen molar-refractivity contribution in [2.75, 3.05) is 26.0 Å². The van der Waals surface area contributed by atoms with Gasteiger partial charge in [-0.2, -0.15) is 0 Å². The van der Waals surface area contributed by atoms with Gasteiger partial charge in [0.15, 0.2) is 6.61 Å². The normalized spacial score (nSPS) is 10.2. The van der Waals surface area contributed by atoms with Crippen LogP contribution in [-0.4, -0.2) is 37.9 Å². The van der Waals surface area contributed by atoms with Gasteiger partial charge in [0.05, 0.1) is 12.7 Å². The Labute approximate surface area is 155 Å². The first-order valence-corrected chi connectivity index (χ1v) is 8.91. The Morgan fingerprint density at radius 2 is 1.76 bits per heavy atom. The van der Waals surface area contributed by atoms with Crippen molar-refractivity contribution < 1.29 is 19.1 Å². The lowest BCUT2D eigenvalue weighted by atomic mass is 10.2. The summed E-state index contributed by atoms with van der Waals surface area (Å²) in [4.78, 5) is 24.6. The lowest BCUT2D eigenvalue weighted by Crippen LogP contribution is -2.30. The van der Waals surface area contributed by atoms with E-state index in [1.165, 1.54) is 0 Å². The first kappa shape index (κ1) is 19.1. The molecule has 0 aromatic heterocycles. The molecule has 2 rings (SSSR count). The van der Waals surface area contributed by atoms with Crippen molar-refractivity contribution in [2.24, 2.45) is 0 Å². The fraction of sp³-hybridized carbons (Fsp3) is 0.222. The van der Waals surface area contributed by atoms with Crippen molar-refractivity contribution in [1.82, 2.24) is 5.32 Å². The second kappa shape index (κ2) is 9.96. The highest BCUT2D eigenvalue weighted by atomic mass is 35.5.